The molecule has 4 nitrogen and oxygen atoms in total. The van der Waals surface area contributed by atoms with Gasteiger partial charge in [-0.2, -0.15) is 0 Å². The summed E-state index contributed by atoms with van der Waals surface area (Å²) in [5, 5.41) is 6.92. The Balaban J connectivity index is 0.00000192. The van der Waals surface area contributed by atoms with Crippen LogP contribution in [-0.4, -0.2) is 31.1 Å². The minimum atomic E-state index is -0.419. The zero-order valence-corrected chi connectivity index (χ0v) is 15.1. The number of hydrogen-bond acceptors (Lipinski definition) is 3. The first-order valence-corrected chi connectivity index (χ1v) is 8.31. The summed E-state index contributed by atoms with van der Waals surface area (Å²) in [6.45, 7) is 9.27. The Morgan fingerprint density at radius 1 is 1.17 bits per heavy atom. The zero-order chi connectivity index (χ0) is 15.8. The van der Waals surface area contributed by atoms with Gasteiger partial charge in [0, 0.05) is 6.54 Å². The smallest absolute Gasteiger partial charge is 0.252 e. The standard InChI is InChI=1S/C18H27N3O.ClH/c1-17(2,3)10-13-21-15-7-5-4-6-14(15)20-18(16(21)22)8-11-19-12-9-18;/h4-7,19-20H,8-13H2,1-3H3;1H. The number of hydrogen-bond donors (Lipinski definition) is 2. The average molecular weight is 338 g/mol. The number of anilines is 2. The summed E-state index contributed by atoms with van der Waals surface area (Å²) in [6, 6.07) is 8.20. The summed E-state index contributed by atoms with van der Waals surface area (Å²) in [4.78, 5) is 15.2. The number of fused-ring (bicyclic) bond motifs is 1. The van der Waals surface area contributed by atoms with Crippen LogP contribution >= 0.6 is 12.4 Å². The van der Waals surface area contributed by atoms with Gasteiger partial charge in [-0.1, -0.05) is 32.9 Å². The van der Waals surface area contributed by atoms with Crippen LogP contribution < -0.4 is 15.5 Å². The number of nitrogens with zero attached hydrogens (tertiary/aromatic N) is 1. The van der Waals surface area contributed by atoms with Crippen LogP contribution in [0.1, 0.15) is 40.0 Å². The average Bonchev–Trinajstić information content (AvgIpc) is 2.48. The Kier molecular flexibility index (Phi) is 5.27. The fraction of sp³-hybridized carbons (Fsp3) is 0.611. The minimum Gasteiger partial charge on any atom is -0.369 e. The van der Waals surface area contributed by atoms with Gasteiger partial charge in [-0.3, -0.25) is 4.79 Å². The third-order valence-electron chi connectivity index (χ3n) is 4.77. The van der Waals surface area contributed by atoms with Gasteiger partial charge in [0.05, 0.1) is 11.4 Å². The summed E-state index contributed by atoms with van der Waals surface area (Å²) in [6.07, 6.45) is 2.71. The lowest BCUT2D eigenvalue weighted by molar-refractivity contribution is -0.124. The number of benzene rings is 1. The molecule has 1 aromatic carbocycles. The molecule has 0 saturated carbocycles. The second-order valence-electron chi connectivity index (χ2n) is 7.74. The van der Waals surface area contributed by atoms with Gasteiger partial charge in [0.25, 0.3) is 5.91 Å². The van der Waals surface area contributed by atoms with Crippen LogP contribution in [-0.2, 0) is 4.79 Å². The number of halogens is 1. The largest absolute Gasteiger partial charge is 0.369 e. The van der Waals surface area contributed by atoms with E-state index in [-0.39, 0.29) is 23.7 Å². The molecule has 0 atom stereocenters. The molecular formula is C18H28ClN3O. The van der Waals surface area contributed by atoms with Gasteiger partial charge in [-0.25, -0.2) is 0 Å². The van der Waals surface area contributed by atoms with E-state index in [9.17, 15) is 4.79 Å². The van der Waals surface area contributed by atoms with Crippen molar-refractivity contribution in [1.82, 2.24) is 5.32 Å². The quantitative estimate of drug-likeness (QED) is 0.869. The number of carbonyl (C=O) groups excluding carboxylic acids is 1. The van der Waals surface area contributed by atoms with Crippen LogP contribution in [0.3, 0.4) is 0 Å². The summed E-state index contributed by atoms with van der Waals surface area (Å²) in [5.41, 5.74) is 1.93. The van der Waals surface area contributed by atoms with E-state index in [1.165, 1.54) is 0 Å². The first-order valence-electron chi connectivity index (χ1n) is 8.31. The fourth-order valence-corrected chi connectivity index (χ4v) is 3.36. The maximum Gasteiger partial charge on any atom is 0.252 e. The number of amides is 1. The molecule has 1 fully saturated rings. The van der Waals surface area contributed by atoms with Gasteiger partial charge in [0.1, 0.15) is 5.54 Å². The Morgan fingerprint density at radius 3 is 2.48 bits per heavy atom. The van der Waals surface area contributed by atoms with E-state index in [0.717, 1.165) is 50.3 Å². The molecule has 2 aliphatic rings. The van der Waals surface area contributed by atoms with Crippen molar-refractivity contribution < 1.29 is 4.79 Å². The van der Waals surface area contributed by atoms with Gasteiger partial charge < -0.3 is 15.5 Å². The first-order chi connectivity index (χ1) is 10.4. The van der Waals surface area contributed by atoms with Crippen LogP contribution in [0.4, 0.5) is 11.4 Å². The van der Waals surface area contributed by atoms with Crippen LogP contribution in [0.2, 0.25) is 0 Å². The third-order valence-corrected chi connectivity index (χ3v) is 4.77. The SMILES string of the molecule is CC(C)(C)CCN1C(=O)C2(CCNCC2)Nc2ccccc21.Cl. The number of carbonyl (C=O) groups is 1. The van der Waals surface area contributed by atoms with Gasteiger partial charge in [-0.15, -0.1) is 12.4 Å². The molecule has 2 heterocycles. The Hall–Kier alpha value is -1.26. The molecule has 1 saturated heterocycles. The number of para-hydroxylation sites is 2. The number of nitrogens with one attached hydrogen (secondary N) is 2. The predicted molar refractivity (Wildman–Crippen MR) is 98.6 cm³/mol. The number of piperidine rings is 1. The van der Waals surface area contributed by atoms with Crippen molar-refractivity contribution in [2.45, 2.75) is 45.6 Å². The lowest BCUT2D eigenvalue weighted by Gasteiger charge is -2.46. The third kappa shape index (κ3) is 3.64. The van der Waals surface area contributed by atoms with Crippen LogP contribution in [0.5, 0.6) is 0 Å². The Morgan fingerprint density at radius 2 is 1.83 bits per heavy atom. The van der Waals surface area contributed by atoms with E-state index in [0.29, 0.717) is 0 Å². The predicted octanol–water partition coefficient (Wildman–Crippen LogP) is 3.43. The first kappa shape index (κ1) is 18.1. The van der Waals surface area contributed by atoms with Gasteiger partial charge in [-0.05, 0) is 49.9 Å². The molecule has 5 heteroatoms. The maximum absolute atomic E-state index is 13.2. The lowest BCUT2D eigenvalue weighted by Crippen LogP contribution is -2.61. The Labute approximate surface area is 145 Å². The molecule has 0 aliphatic carbocycles. The molecule has 0 radical (unpaired) electrons. The second-order valence-corrected chi connectivity index (χ2v) is 7.74. The van der Waals surface area contributed by atoms with E-state index < -0.39 is 5.54 Å². The van der Waals surface area contributed by atoms with Crippen LogP contribution in [0, 0.1) is 5.41 Å². The van der Waals surface area contributed by atoms with Gasteiger partial charge >= 0.3 is 0 Å². The topological polar surface area (TPSA) is 44.4 Å². The minimum absolute atomic E-state index is 0. The molecular weight excluding hydrogens is 310 g/mol. The normalized spacial score (nSPS) is 19.8. The molecule has 0 unspecified atom stereocenters. The van der Waals surface area contributed by atoms with E-state index in [2.05, 4.69) is 43.5 Å². The highest BCUT2D eigenvalue weighted by Crippen LogP contribution is 2.39. The fourth-order valence-electron chi connectivity index (χ4n) is 3.36. The molecule has 2 N–H and O–H groups in total. The summed E-state index contributed by atoms with van der Waals surface area (Å²) >= 11 is 0. The maximum atomic E-state index is 13.2. The van der Waals surface area contributed by atoms with E-state index in [4.69, 9.17) is 0 Å². The van der Waals surface area contributed by atoms with Crippen molar-refractivity contribution in [3.63, 3.8) is 0 Å². The zero-order valence-electron chi connectivity index (χ0n) is 14.3. The second kappa shape index (κ2) is 6.70. The van der Waals surface area contributed by atoms with Crippen molar-refractivity contribution >= 4 is 29.7 Å². The summed E-state index contributed by atoms with van der Waals surface area (Å²) < 4.78 is 0. The molecule has 128 valence electrons. The number of rotatable bonds is 2. The highest BCUT2D eigenvalue weighted by Gasteiger charge is 2.46. The molecule has 3 rings (SSSR count). The molecule has 0 bridgehead atoms. The molecule has 1 spiro atoms. The van der Waals surface area contributed by atoms with Crippen molar-refractivity contribution in [3.8, 4) is 0 Å². The van der Waals surface area contributed by atoms with Crippen LogP contribution in [0.25, 0.3) is 0 Å². The molecule has 0 aromatic heterocycles. The van der Waals surface area contributed by atoms with Gasteiger partial charge in [0.2, 0.25) is 0 Å². The Bertz CT molecular complexity index is 562. The lowest BCUT2D eigenvalue weighted by atomic mass is 9.83. The summed E-state index contributed by atoms with van der Waals surface area (Å²) in [5.74, 6) is 0.247. The monoisotopic (exact) mass is 337 g/mol. The molecule has 1 amide bonds. The highest BCUT2D eigenvalue weighted by atomic mass is 35.5. The van der Waals surface area contributed by atoms with E-state index >= 15 is 0 Å². The van der Waals surface area contributed by atoms with Crippen molar-refractivity contribution in [2.75, 3.05) is 29.9 Å². The summed E-state index contributed by atoms with van der Waals surface area (Å²) in [7, 11) is 0. The van der Waals surface area contributed by atoms with Crippen molar-refractivity contribution in [1.29, 1.82) is 0 Å². The van der Waals surface area contributed by atoms with Crippen molar-refractivity contribution in [2.24, 2.45) is 5.41 Å². The molecule has 23 heavy (non-hydrogen) atoms. The molecule has 2 aliphatic heterocycles. The van der Waals surface area contributed by atoms with Crippen LogP contribution in [0.15, 0.2) is 24.3 Å². The highest BCUT2D eigenvalue weighted by molar-refractivity contribution is 6.08. The molecule has 1 aromatic rings. The van der Waals surface area contributed by atoms with Gasteiger partial charge in [0.15, 0.2) is 0 Å². The van der Waals surface area contributed by atoms with E-state index in [1.54, 1.807) is 0 Å². The van der Waals surface area contributed by atoms with Crippen molar-refractivity contribution in [3.05, 3.63) is 24.3 Å². The van der Waals surface area contributed by atoms with E-state index in [1.807, 2.05) is 17.0 Å².